The summed E-state index contributed by atoms with van der Waals surface area (Å²) in [7, 11) is 0. The van der Waals surface area contributed by atoms with E-state index in [0.29, 0.717) is 11.9 Å². The Labute approximate surface area is 123 Å². The van der Waals surface area contributed by atoms with Crippen molar-refractivity contribution in [3.8, 4) is 0 Å². The number of hydrogen-bond acceptors (Lipinski definition) is 6. The Morgan fingerprint density at radius 3 is 3.25 bits per heavy atom. The molecule has 1 atom stereocenters. The highest BCUT2D eigenvalue weighted by Crippen LogP contribution is 2.14. The summed E-state index contributed by atoms with van der Waals surface area (Å²) in [5, 5.41) is 9.75. The normalized spacial score (nSPS) is 20.4. The van der Waals surface area contributed by atoms with Crippen molar-refractivity contribution in [2.45, 2.75) is 38.9 Å². The van der Waals surface area contributed by atoms with Gasteiger partial charge in [0.1, 0.15) is 0 Å². The van der Waals surface area contributed by atoms with Crippen molar-refractivity contribution in [1.29, 1.82) is 0 Å². The van der Waals surface area contributed by atoms with E-state index in [2.05, 4.69) is 37.9 Å². The van der Waals surface area contributed by atoms with Crippen molar-refractivity contribution in [1.82, 2.24) is 20.4 Å². The number of aromatic nitrogens is 2. The van der Waals surface area contributed by atoms with Crippen LogP contribution in [0.15, 0.2) is 22.0 Å². The van der Waals surface area contributed by atoms with Gasteiger partial charge in [0, 0.05) is 30.9 Å². The average Bonchev–Trinajstić information content (AvgIpc) is 3.09. The third kappa shape index (κ3) is 3.65. The maximum Gasteiger partial charge on any atom is 0.223 e. The molecule has 20 heavy (non-hydrogen) atoms. The second-order valence-corrected chi connectivity index (χ2v) is 6.30. The fraction of sp³-hybridized carbons (Fsp3) is 0.571. The van der Waals surface area contributed by atoms with Gasteiger partial charge in [-0.1, -0.05) is 11.2 Å². The van der Waals surface area contributed by atoms with Gasteiger partial charge in [-0.25, -0.2) is 0 Å². The first-order chi connectivity index (χ1) is 9.79. The van der Waals surface area contributed by atoms with Gasteiger partial charge in [0.05, 0.1) is 6.54 Å². The molecule has 0 aromatic carbocycles. The SMILES string of the molecule is Cc1nc(CN2CCC[C@@H](NCc3cccs3)C2)no1. The number of rotatable bonds is 5. The van der Waals surface area contributed by atoms with Crippen LogP contribution in [0.4, 0.5) is 0 Å². The molecule has 3 heterocycles. The maximum absolute atomic E-state index is 5.03. The van der Waals surface area contributed by atoms with Gasteiger partial charge in [-0.05, 0) is 30.8 Å². The van der Waals surface area contributed by atoms with Gasteiger partial charge in [0.25, 0.3) is 0 Å². The van der Waals surface area contributed by atoms with Gasteiger partial charge in [0.2, 0.25) is 5.89 Å². The lowest BCUT2D eigenvalue weighted by Crippen LogP contribution is -2.45. The van der Waals surface area contributed by atoms with Crippen molar-refractivity contribution in [3.05, 3.63) is 34.1 Å². The molecule has 2 aromatic heterocycles. The molecule has 2 aromatic rings. The number of piperidine rings is 1. The Morgan fingerprint density at radius 1 is 1.55 bits per heavy atom. The van der Waals surface area contributed by atoms with Crippen molar-refractivity contribution in [2.75, 3.05) is 13.1 Å². The Balaban J connectivity index is 1.48. The molecule has 1 saturated heterocycles. The first-order valence-corrected chi connectivity index (χ1v) is 7.95. The number of nitrogens with one attached hydrogen (secondary N) is 1. The van der Waals surface area contributed by atoms with E-state index < -0.39 is 0 Å². The van der Waals surface area contributed by atoms with E-state index in [0.717, 1.165) is 32.0 Å². The van der Waals surface area contributed by atoms with Crippen molar-refractivity contribution in [2.24, 2.45) is 0 Å². The molecule has 0 amide bonds. The molecule has 108 valence electrons. The van der Waals surface area contributed by atoms with Crippen molar-refractivity contribution < 1.29 is 4.52 Å². The molecule has 0 unspecified atom stereocenters. The minimum atomic E-state index is 0.554. The summed E-state index contributed by atoms with van der Waals surface area (Å²) in [6.45, 7) is 5.76. The Hall–Kier alpha value is -1.24. The zero-order chi connectivity index (χ0) is 13.8. The lowest BCUT2D eigenvalue weighted by molar-refractivity contribution is 0.177. The molecule has 3 rings (SSSR count). The summed E-state index contributed by atoms with van der Waals surface area (Å²) in [5.74, 6) is 1.44. The zero-order valence-electron chi connectivity index (χ0n) is 11.7. The maximum atomic E-state index is 5.03. The monoisotopic (exact) mass is 292 g/mol. The molecule has 1 aliphatic rings. The number of hydrogen-bond donors (Lipinski definition) is 1. The predicted molar refractivity (Wildman–Crippen MR) is 78.5 cm³/mol. The third-order valence-corrected chi connectivity index (χ3v) is 4.46. The molecule has 1 fully saturated rings. The molecule has 0 bridgehead atoms. The first kappa shape index (κ1) is 13.7. The first-order valence-electron chi connectivity index (χ1n) is 7.07. The molecule has 1 N–H and O–H groups in total. The van der Waals surface area contributed by atoms with E-state index in [1.165, 1.54) is 17.7 Å². The molecule has 6 heteroatoms. The Kier molecular flexibility index (Phi) is 4.44. The smallest absolute Gasteiger partial charge is 0.223 e. The lowest BCUT2D eigenvalue weighted by atomic mass is 10.1. The topological polar surface area (TPSA) is 54.2 Å². The van der Waals surface area contributed by atoms with Crippen LogP contribution in [-0.2, 0) is 13.1 Å². The zero-order valence-corrected chi connectivity index (χ0v) is 12.5. The summed E-state index contributed by atoms with van der Waals surface area (Å²) >= 11 is 1.81. The van der Waals surface area contributed by atoms with E-state index in [4.69, 9.17) is 4.52 Å². The second-order valence-electron chi connectivity index (χ2n) is 5.26. The Bertz CT molecular complexity index is 525. The highest BCUT2D eigenvalue weighted by molar-refractivity contribution is 7.09. The Morgan fingerprint density at radius 2 is 2.50 bits per heavy atom. The van der Waals surface area contributed by atoms with Gasteiger partial charge in [-0.2, -0.15) is 4.98 Å². The molecule has 0 aliphatic carbocycles. The fourth-order valence-corrected chi connectivity index (χ4v) is 3.29. The number of thiophene rings is 1. The van der Waals surface area contributed by atoms with Gasteiger partial charge >= 0.3 is 0 Å². The number of likely N-dealkylation sites (tertiary alicyclic amines) is 1. The van der Waals surface area contributed by atoms with Crippen LogP contribution in [0.3, 0.4) is 0 Å². The van der Waals surface area contributed by atoms with Gasteiger partial charge in [-0.3, -0.25) is 4.90 Å². The van der Waals surface area contributed by atoms with Crippen LogP contribution in [-0.4, -0.2) is 34.2 Å². The highest BCUT2D eigenvalue weighted by Gasteiger charge is 2.20. The van der Waals surface area contributed by atoms with Crippen LogP contribution < -0.4 is 5.32 Å². The van der Waals surface area contributed by atoms with Crippen molar-refractivity contribution >= 4 is 11.3 Å². The minimum absolute atomic E-state index is 0.554. The molecular weight excluding hydrogens is 272 g/mol. The minimum Gasteiger partial charge on any atom is -0.340 e. The summed E-state index contributed by atoms with van der Waals surface area (Å²) in [6.07, 6.45) is 2.46. The van der Waals surface area contributed by atoms with Crippen LogP contribution in [0.5, 0.6) is 0 Å². The van der Waals surface area contributed by atoms with Gasteiger partial charge in [-0.15, -0.1) is 11.3 Å². The van der Waals surface area contributed by atoms with E-state index >= 15 is 0 Å². The summed E-state index contributed by atoms with van der Waals surface area (Å²) < 4.78 is 5.03. The number of nitrogens with zero attached hydrogens (tertiary/aromatic N) is 3. The van der Waals surface area contributed by atoms with E-state index in [1.807, 2.05) is 18.3 Å². The standard InChI is InChI=1S/C14H20N4OS/c1-11-16-14(17-19-11)10-18-6-2-4-12(9-18)15-8-13-5-3-7-20-13/h3,5,7,12,15H,2,4,6,8-10H2,1H3/t12-/m1/s1. The van der Waals surface area contributed by atoms with Gasteiger partial charge in [0.15, 0.2) is 5.82 Å². The summed E-state index contributed by atoms with van der Waals surface area (Å²) in [6, 6.07) is 4.84. The van der Waals surface area contributed by atoms with Crippen molar-refractivity contribution in [3.63, 3.8) is 0 Å². The van der Waals surface area contributed by atoms with E-state index in [1.54, 1.807) is 0 Å². The number of aryl methyl sites for hydroxylation is 1. The van der Waals surface area contributed by atoms with Crippen LogP contribution in [0.1, 0.15) is 29.4 Å². The average molecular weight is 292 g/mol. The summed E-state index contributed by atoms with van der Waals surface area (Å²) in [5.41, 5.74) is 0. The van der Waals surface area contributed by atoms with E-state index in [9.17, 15) is 0 Å². The lowest BCUT2D eigenvalue weighted by Gasteiger charge is -2.32. The predicted octanol–water partition coefficient (Wildman–Crippen LogP) is 2.19. The highest BCUT2D eigenvalue weighted by atomic mass is 32.1. The van der Waals surface area contributed by atoms with Gasteiger partial charge < -0.3 is 9.84 Å². The second kappa shape index (κ2) is 6.47. The molecule has 1 aliphatic heterocycles. The molecule has 0 radical (unpaired) electrons. The third-order valence-electron chi connectivity index (χ3n) is 3.59. The molecular formula is C14H20N4OS. The van der Waals surface area contributed by atoms with Crippen LogP contribution >= 0.6 is 11.3 Å². The van der Waals surface area contributed by atoms with Crippen LogP contribution in [0, 0.1) is 6.92 Å². The van der Waals surface area contributed by atoms with E-state index in [-0.39, 0.29) is 0 Å². The molecule has 5 nitrogen and oxygen atoms in total. The fourth-order valence-electron chi connectivity index (χ4n) is 2.63. The quantitative estimate of drug-likeness (QED) is 0.915. The van der Waals surface area contributed by atoms with Crippen LogP contribution in [0.2, 0.25) is 0 Å². The van der Waals surface area contributed by atoms with Crippen LogP contribution in [0.25, 0.3) is 0 Å². The summed E-state index contributed by atoms with van der Waals surface area (Å²) in [4.78, 5) is 8.08. The molecule has 0 saturated carbocycles. The largest absolute Gasteiger partial charge is 0.340 e. The molecule has 0 spiro atoms.